The molecule has 36 heavy (non-hydrogen) atoms. The average Bonchev–Trinajstić information content (AvgIpc) is 2.76. The van der Waals surface area contributed by atoms with Crippen LogP contribution >= 0.6 is 11.6 Å². The Kier molecular flexibility index (Phi) is 10.3. The standard InChI is InChI=1S/C26H35ClFN3O4S/c1-6-23(25(33)29-26(2,3)4)30(18-19-10-7-8-11-22(19)27)24(32)12-9-17-31(36(5,34)35)21-15-13-20(28)14-16-21/h7-8,10-11,13-16,23H,6,9,12,17-18H2,1-5H3,(H,29,33)/t23-/m0/s1. The molecule has 0 unspecified atom stereocenters. The second-order valence-corrected chi connectivity index (χ2v) is 12.0. The van der Waals surface area contributed by atoms with Crippen LogP contribution in [0.4, 0.5) is 10.1 Å². The highest BCUT2D eigenvalue weighted by Crippen LogP contribution is 2.22. The maximum absolute atomic E-state index is 13.4. The molecule has 1 N–H and O–H groups in total. The van der Waals surface area contributed by atoms with Crippen LogP contribution in [-0.2, 0) is 26.2 Å². The molecule has 0 saturated heterocycles. The molecule has 0 aliphatic rings. The molecular formula is C26H35ClFN3O4S. The predicted molar refractivity (Wildman–Crippen MR) is 142 cm³/mol. The third-order valence-electron chi connectivity index (χ3n) is 5.45. The molecule has 0 fully saturated rings. The van der Waals surface area contributed by atoms with Crippen LogP contribution in [0.3, 0.4) is 0 Å². The minimum atomic E-state index is -3.65. The fourth-order valence-electron chi connectivity index (χ4n) is 3.79. The lowest BCUT2D eigenvalue weighted by molar-refractivity contribution is -0.142. The van der Waals surface area contributed by atoms with Crippen molar-refractivity contribution < 1.29 is 22.4 Å². The summed E-state index contributed by atoms with van der Waals surface area (Å²) in [4.78, 5) is 28.0. The normalized spacial score (nSPS) is 12.6. The summed E-state index contributed by atoms with van der Waals surface area (Å²) in [7, 11) is -3.65. The molecule has 0 aliphatic heterocycles. The Morgan fingerprint density at radius 1 is 1.08 bits per heavy atom. The van der Waals surface area contributed by atoms with E-state index in [2.05, 4.69) is 5.32 Å². The Balaban J connectivity index is 2.24. The van der Waals surface area contributed by atoms with Gasteiger partial charge in [0, 0.05) is 30.1 Å². The van der Waals surface area contributed by atoms with Crippen molar-refractivity contribution >= 4 is 39.1 Å². The van der Waals surface area contributed by atoms with Gasteiger partial charge in [-0.05, 0) is 69.5 Å². The lowest BCUT2D eigenvalue weighted by Gasteiger charge is -2.33. The van der Waals surface area contributed by atoms with E-state index in [1.807, 2.05) is 33.8 Å². The zero-order valence-corrected chi connectivity index (χ0v) is 23.0. The summed E-state index contributed by atoms with van der Waals surface area (Å²) in [6.45, 7) is 7.61. The first-order valence-electron chi connectivity index (χ1n) is 11.8. The summed E-state index contributed by atoms with van der Waals surface area (Å²) >= 11 is 6.34. The lowest BCUT2D eigenvalue weighted by Crippen LogP contribution is -2.53. The summed E-state index contributed by atoms with van der Waals surface area (Å²) < 4.78 is 39.2. The Bertz CT molecular complexity index is 1150. The van der Waals surface area contributed by atoms with Crippen LogP contribution in [0.15, 0.2) is 48.5 Å². The van der Waals surface area contributed by atoms with Crippen LogP contribution in [0, 0.1) is 5.82 Å². The number of nitrogens with one attached hydrogen (secondary N) is 1. The molecule has 1 atom stereocenters. The van der Waals surface area contributed by atoms with Gasteiger partial charge < -0.3 is 10.2 Å². The highest BCUT2D eigenvalue weighted by atomic mass is 35.5. The summed E-state index contributed by atoms with van der Waals surface area (Å²) in [6.07, 6.45) is 1.67. The van der Waals surface area contributed by atoms with Gasteiger partial charge >= 0.3 is 0 Å². The first kappa shape index (κ1) is 29.6. The second-order valence-electron chi connectivity index (χ2n) is 9.69. The van der Waals surface area contributed by atoms with E-state index in [-0.39, 0.29) is 37.7 Å². The molecule has 0 aliphatic carbocycles. The van der Waals surface area contributed by atoms with Gasteiger partial charge in [-0.1, -0.05) is 36.7 Å². The van der Waals surface area contributed by atoms with E-state index in [0.29, 0.717) is 22.7 Å². The van der Waals surface area contributed by atoms with E-state index in [1.165, 1.54) is 29.2 Å². The predicted octanol–water partition coefficient (Wildman–Crippen LogP) is 4.75. The Morgan fingerprint density at radius 3 is 2.22 bits per heavy atom. The zero-order chi connectivity index (χ0) is 27.1. The molecule has 0 radical (unpaired) electrons. The Labute approximate surface area is 218 Å². The lowest BCUT2D eigenvalue weighted by atomic mass is 10.0. The number of sulfonamides is 1. The summed E-state index contributed by atoms with van der Waals surface area (Å²) in [6, 6.07) is 11.5. The van der Waals surface area contributed by atoms with Crippen LogP contribution in [0.25, 0.3) is 0 Å². The number of hydrogen-bond acceptors (Lipinski definition) is 4. The second kappa shape index (κ2) is 12.5. The fourth-order valence-corrected chi connectivity index (χ4v) is 4.95. The SMILES string of the molecule is CC[C@@H](C(=O)NC(C)(C)C)N(Cc1ccccc1Cl)C(=O)CCCN(c1ccc(F)cc1)S(C)(=O)=O. The van der Waals surface area contributed by atoms with Crippen molar-refractivity contribution in [2.45, 2.75) is 65.1 Å². The van der Waals surface area contributed by atoms with Crippen molar-refractivity contribution in [3.8, 4) is 0 Å². The highest BCUT2D eigenvalue weighted by molar-refractivity contribution is 7.92. The van der Waals surface area contributed by atoms with Gasteiger partial charge in [0.05, 0.1) is 11.9 Å². The molecule has 2 rings (SSSR count). The molecule has 10 heteroatoms. The van der Waals surface area contributed by atoms with Gasteiger partial charge in [-0.15, -0.1) is 0 Å². The molecule has 0 aromatic heterocycles. The smallest absolute Gasteiger partial charge is 0.243 e. The third kappa shape index (κ3) is 8.78. The van der Waals surface area contributed by atoms with Crippen molar-refractivity contribution in [3.63, 3.8) is 0 Å². The number of rotatable bonds is 11. The molecule has 0 heterocycles. The van der Waals surface area contributed by atoms with Crippen LogP contribution in [0.5, 0.6) is 0 Å². The first-order valence-corrected chi connectivity index (χ1v) is 14.0. The van der Waals surface area contributed by atoms with Gasteiger partial charge in [0.15, 0.2) is 0 Å². The monoisotopic (exact) mass is 539 g/mol. The molecule has 0 bridgehead atoms. The molecule has 198 valence electrons. The number of benzene rings is 2. The van der Waals surface area contributed by atoms with Gasteiger partial charge in [-0.2, -0.15) is 0 Å². The first-order chi connectivity index (χ1) is 16.7. The van der Waals surface area contributed by atoms with Gasteiger partial charge in [0.25, 0.3) is 0 Å². The van der Waals surface area contributed by atoms with Crippen LogP contribution in [0.1, 0.15) is 52.5 Å². The molecule has 2 aromatic rings. The van der Waals surface area contributed by atoms with Crippen LogP contribution in [0.2, 0.25) is 5.02 Å². The van der Waals surface area contributed by atoms with Crippen LogP contribution < -0.4 is 9.62 Å². The van der Waals surface area contributed by atoms with E-state index in [0.717, 1.165) is 10.6 Å². The topological polar surface area (TPSA) is 86.8 Å². The molecule has 7 nitrogen and oxygen atoms in total. The summed E-state index contributed by atoms with van der Waals surface area (Å²) in [5, 5.41) is 3.43. The molecule has 0 saturated carbocycles. The Morgan fingerprint density at radius 2 is 1.69 bits per heavy atom. The van der Waals surface area contributed by atoms with E-state index in [4.69, 9.17) is 11.6 Å². The largest absolute Gasteiger partial charge is 0.350 e. The molecular weight excluding hydrogens is 505 g/mol. The molecule has 0 spiro atoms. The van der Waals surface area contributed by atoms with E-state index in [1.54, 1.807) is 18.2 Å². The van der Waals surface area contributed by atoms with E-state index < -0.39 is 27.4 Å². The maximum atomic E-state index is 13.4. The minimum Gasteiger partial charge on any atom is -0.350 e. The number of amides is 2. The average molecular weight is 540 g/mol. The minimum absolute atomic E-state index is 0.0109. The Hall–Kier alpha value is -2.65. The van der Waals surface area contributed by atoms with Crippen molar-refractivity contribution in [2.75, 3.05) is 17.1 Å². The summed E-state index contributed by atoms with van der Waals surface area (Å²) in [5.41, 5.74) is 0.545. The number of carbonyl (C=O) groups excluding carboxylic acids is 2. The molecule has 2 aromatic carbocycles. The van der Waals surface area contributed by atoms with Gasteiger partial charge in [-0.25, -0.2) is 12.8 Å². The highest BCUT2D eigenvalue weighted by Gasteiger charge is 2.31. The van der Waals surface area contributed by atoms with Crippen molar-refractivity contribution in [2.24, 2.45) is 0 Å². The van der Waals surface area contributed by atoms with Gasteiger partial charge in [0.1, 0.15) is 11.9 Å². The van der Waals surface area contributed by atoms with Crippen LogP contribution in [-0.4, -0.2) is 49.5 Å². The van der Waals surface area contributed by atoms with Crippen molar-refractivity contribution in [1.29, 1.82) is 0 Å². The third-order valence-corrected chi connectivity index (χ3v) is 7.01. The van der Waals surface area contributed by atoms with Gasteiger partial charge in [0.2, 0.25) is 21.8 Å². The summed E-state index contributed by atoms with van der Waals surface area (Å²) in [5.74, 6) is -1.04. The fraction of sp³-hybridized carbons (Fsp3) is 0.462. The number of nitrogens with zero attached hydrogens (tertiary/aromatic N) is 2. The number of halogens is 2. The number of anilines is 1. The van der Waals surface area contributed by atoms with Crippen molar-refractivity contribution in [1.82, 2.24) is 10.2 Å². The van der Waals surface area contributed by atoms with E-state index in [9.17, 15) is 22.4 Å². The number of carbonyl (C=O) groups is 2. The zero-order valence-electron chi connectivity index (χ0n) is 21.4. The number of hydrogen-bond donors (Lipinski definition) is 1. The molecule has 2 amide bonds. The van der Waals surface area contributed by atoms with Crippen molar-refractivity contribution in [3.05, 3.63) is 64.9 Å². The van der Waals surface area contributed by atoms with E-state index >= 15 is 0 Å². The van der Waals surface area contributed by atoms with Gasteiger partial charge in [-0.3, -0.25) is 13.9 Å². The quantitative estimate of drug-likeness (QED) is 0.446. The maximum Gasteiger partial charge on any atom is 0.243 e.